The van der Waals surface area contributed by atoms with E-state index in [-0.39, 0.29) is 0 Å². The lowest BCUT2D eigenvalue weighted by Crippen LogP contribution is -2.28. The highest BCUT2D eigenvalue weighted by Gasteiger charge is 2.06. The van der Waals surface area contributed by atoms with E-state index in [1.54, 1.807) is 0 Å². The van der Waals surface area contributed by atoms with Gasteiger partial charge in [-0.1, -0.05) is 19.4 Å². The molecule has 1 N–H and O–H groups in total. The van der Waals surface area contributed by atoms with Crippen LogP contribution in [0.1, 0.15) is 38.2 Å². The topological polar surface area (TPSA) is 17.0 Å². The van der Waals surface area contributed by atoms with Crippen molar-refractivity contribution < 1.29 is 0 Å². The third kappa shape index (κ3) is 4.67. The van der Waals surface area contributed by atoms with E-state index in [1.807, 2.05) is 6.08 Å². The first kappa shape index (κ1) is 13.0. The van der Waals surface area contributed by atoms with Crippen LogP contribution < -0.4 is 5.32 Å². The first-order chi connectivity index (χ1) is 7.76. The molecule has 0 aliphatic carbocycles. The fourth-order valence-corrected chi connectivity index (χ4v) is 1.94. The summed E-state index contributed by atoms with van der Waals surface area (Å²) in [5.74, 6) is 0. The molecule has 0 spiro atoms. The van der Waals surface area contributed by atoms with Gasteiger partial charge in [-0.2, -0.15) is 0 Å². The number of aryl methyl sites for hydroxylation is 1. The van der Waals surface area contributed by atoms with Crippen LogP contribution in [-0.4, -0.2) is 10.6 Å². The molecule has 1 heterocycles. The zero-order valence-corrected chi connectivity index (χ0v) is 10.6. The monoisotopic (exact) mass is 220 g/mol. The van der Waals surface area contributed by atoms with E-state index in [4.69, 9.17) is 0 Å². The number of allylic oxidation sites excluding steroid dienone is 1. The summed E-state index contributed by atoms with van der Waals surface area (Å²) in [6.07, 6.45) is 11.1. The lowest BCUT2D eigenvalue weighted by atomic mass is 10.1. The molecule has 0 amide bonds. The van der Waals surface area contributed by atoms with Gasteiger partial charge in [0.1, 0.15) is 0 Å². The van der Waals surface area contributed by atoms with Crippen molar-refractivity contribution in [3.8, 4) is 0 Å². The van der Waals surface area contributed by atoms with Crippen LogP contribution in [0.4, 0.5) is 0 Å². The summed E-state index contributed by atoms with van der Waals surface area (Å²) in [5, 5.41) is 3.62. The molecule has 0 fully saturated rings. The van der Waals surface area contributed by atoms with Gasteiger partial charge in [0, 0.05) is 32.0 Å². The van der Waals surface area contributed by atoms with Gasteiger partial charge in [0.25, 0.3) is 0 Å². The summed E-state index contributed by atoms with van der Waals surface area (Å²) in [6, 6.07) is 2.80. The maximum atomic E-state index is 3.78. The Bertz CT molecular complexity index is 301. The average molecular weight is 220 g/mol. The largest absolute Gasteiger partial charge is 0.357 e. The Balaban J connectivity index is 2.33. The molecule has 0 aliphatic rings. The Hall–Kier alpha value is -1.02. The minimum Gasteiger partial charge on any atom is -0.357 e. The Morgan fingerprint density at radius 1 is 1.50 bits per heavy atom. The summed E-state index contributed by atoms with van der Waals surface area (Å²) < 4.78 is 2.09. The Morgan fingerprint density at radius 2 is 2.31 bits per heavy atom. The van der Waals surface area contributed by atoms with Crippen molar-refractivity contribution in [1.82, 2.24) is 9.88 Å². The molecule has 90 valence electrons. The summed E-state index contributed by atoms with van der Waals surface area (Å²) in [4.78, 5) is 0. The van der Waals surface area contributed by atoms with Crippen molar-refractivity contribution in [3.63, 3.8) is 0 Å². The van der Waals surface area contributed by atoms with Crippen LogP contribution in [-0.2, 0) is 13.6 Å². The number of hydrogen-bond acceptors (Lipinski definition) is 1. The average Bonchev–Trinajstić information content (AvgIpc) is 2.68. The van der Waals surface area contributed by atoms with Crippen molar-refractivity contribution in [2.75, 3.05) is 0 Å². The van der Waals surface area contributed by atoms with Crippen LogP contribution in [0.3, 0.4) is 0 Å². The molecule has 1 unspecified atom stereocenters. The van der Waals surface area contributed by atoms with Gasteiger partial charge in [-0.15, -0.1) is 6.58 Å². The van der Waals surface area contributed by atoms with E-state index >= 15 is 0 Å². The molecule has 0 bridgehead atoms. The highest BCUT2D eigenvalue weighted by Crippen LogP contribution is 2.07. The highest BCUT2D eigenvalue weighted by atomic mass is 14.9. The van der Waals surface area contributed by atoms with Gasteiger partial charge >= 0.3 is 0 Å². The molecule has 0 saturated carbocycles. The summed E-state index contributed by atoms with van der Waals surface area (Å²) in [7, 11) is 2.06. The molecular formula is C14H24N2. The van der Waals surface area contributed by atoms with Crippen LogP contribution in [0.25, 0.3) is 0 Å². The standard InChI is InChI=1S/C14H24N2/c1-4-6-8-14(7-5-2)15-11-13-9-10-16(3)12-13/h4,9-10,12,14-15H,1,5-8,11H2,2-3H3. The van der Waals surface area contributed by atoms with Gasteiger partial charge in [-0.3, -0.25) is 0 Å². The lowest BCUT2D eigenvalue weighted by Gasteiger charge is -2.16. The number of aromatic nitrogens is 1. The fraction of sp³-hybridized carbons (Fsp3) is 0.571. The van der Waals surface area contributed by atoms with Gasteiger partial charge < -0.3 is 9.88 Å². The second kappa shape index (κ2) is 7.29. The maximum Gasteiger partial charge on any atom is 0.0223 e. The van der Waals surface area contributed by atoms with Crippen molar-refractivity contribution >= 4 is 0 Å². The third-order valence-electron chi connectivity index (χ3n) is 2.84. The van der Waals surface area contributed by atoms with Gasteiger partial charge in [0.2, 0.25) is 0 Å². The molecule has 2 heteroatoms. The number of nitrogens with one attached hydrogen (secondary N) is 1. The smallest absolute Gasteiger partial charge is 0.0223 e. The normalized spacial score (nSPS) is 12.6. The number of rotatable bonds is 8. The molecule has 1 rings (SSSR count). The predicted molar refractivity (Wildman–Crippen MR) is 70.4 cm³/mol. The Labute approximate surface area is 99.4 Å². The number of nitrogens with zero attached hydrogens (tertiary/aromatic N) is 1. The summed E-state index contributed by atoms with van der Waals surface area (Å²) >= 11 is 0. The zero-order valence-electron chi connectivity index (χ0n) is 10.6. The van der Waals surface area contributed by atoms with Gasteiger partial charge in [-0.25, -0.2) is 0 Å². The molecule has 16 heavy (non-hydrogen) atoms. The molecule has 1 atom stereocenters. The van der Waals surface area contributed by atoms with E-state index in [9.17, 15) is 0 Å². The second-order valence-electron chi connectivity index (χ2n) is 4.42. The Kier molecular flexibility index (Phi) is 5.94. The highest BCUT2D eigenvalue weighted by molar-refractivity contribution is 5.09. The van der Waals surface area contributed by atoms with E-state index < -0.39 is 0 Å². The van der Waals surface area contributed by atoms with E-state index in [1.165, 1.54) is 24.8 Å². The zero-order chi connectivity index (χ0) is 11.8. The molecule has 0 saturated heterocycles. The van der Waals surface area contributed by atoms with Crippen molar-refractivity contribution in [2.24, 2.45) is 7.05 Å². The lowest BCUT2D eigenvalue weighted by molar-refractivity contribution is 0.450. The van der Waals surface area contributed by atoms with E-state index in [0.29, 0.717) is 6.04 Å². The van der Waals surface area contributed by atoms with Gasteiger partial charge in [0.05, 0.1) is 0 Å². The Morgan fingerprint density at radius 3 is 2.88 bits per heavy atom. The van der Waals surface area contributed by atoms with Crippen molar-refractivity contribution in [1.29, 1.82) is 0 Å². The summed E-state index contributed by atoms with van der Waals surface area (Å²) in [5.41, 5.74) is 1.36. The molecule has 2 nitrogen and oxygen atoms in total. The number of hydrogen-bond donors (Lipinski definition) is 1. The predicted octanol–water partition coefficient (Wildman–Crippen LogP) is 3.25. The molecule has 0 aliphatic heterocycles. The van der Waals surface area contributed by atoms with Crippen LogP contribution in [0.2, 0.25) is 0 Å². The van der Waals surface area contributed by atoms with Crippen LogP contribution >= 0.6 is 0 Å². The van der Waals surface area contributed by atoms with Crippen LogP contribution in [0, 0.1) is 0 Å². The minimum absolute atomic E-state index is 0.628. The first-order valence-electron chi connectivity index (χ1n) is 6.21. The van der Waals surface area contributed by atoms with Gasteiger partial charge in [0.15, 0.2) is 0 Å². The molecule has 0 radical (unpaired) electrons. The van der Waals surface area contributed by atoms with E-state index in [0.717, 1.165) is 13.0 Å². The molecular weight excluding hydrogens is 196 g/mol. The fourth-order valence-electron chi connectivity index (χ4n) is 1.94. The molecule has 1 aromatic rings. The first-order valence-corrected chi connectivity index (χ1v) is 6.21. The third-order valence-corrected chi connectivity index (χ3v) is 2.84. The van der Waals surface area contributed by atoms with Crippen molar-refractivity contribution in [3.05, 3.63) is 36.7 Å². The second-order valence-corrected chi connectivity index (χ2v) is 4.42. The van der Waals surface area contributed by atoms with E-state index in [2.05, 4.69) is 48.9 Å². The van der Waals surface area contributed by atoms with Crippen molar-refractivity contribution in [2.45, 2.75) is 45.2 Å². The van der Waals surface area contributed by atoms with Gasteiger partial charge in [-0.05, 0) is 30.9 Å². The molecule has 0 aromatic carbocycles. The quantitative estimate of drug-likeness (QED) is 0.665. The van der Waals surface area contributed by atoms with Crippen LogP contribution in [0.5, 0.6) is 0 Å². The SMILES string of the molecule is C=CCCC(CCC)NCc1ccn(C)c1. The minimum atomic E-state index is 0.628. The maximum absolute atomic E-state index is 3.78. The molecule has 1 aromatic heterocycles. The van der Waals surface area contributed by atoms with Crippen LogP contribution in [0.15, 0.2) is 31.1 Å². The summed E-state index contributed by atoms with van der Waals surface area (Å²) in [6.45, 7) is 7.00.